The third-order valence-corrected chi connectivity index (χ3v) is 4.24. The molecule has 0 saturated carbocycles. The van der Waals surface area contributed by atoms with Gasteiger partial charge in [0.15, 0.2) is 0 Å². The maximum atomic E-state index is 5.94. The highest BCUT2D eigenvalue weighted by molar-refractivity contribution is 6.30. The zero-order valence-electron chi connectivity index (χ0n) is 11.7. The standard InChI is InChI=1S/C16H20ClN3/c1-11-16(13-2-4-14(17)5-3-13)20-15(19-11)10-12-6-8-18-9-7-12/h2-5,12,18H,6-10H2,1H3,(H,19,20). The van der Waals surface area contributed by atoms with E-state index in [9.17, 15) is 0 Å². The Morgan fingerprint density at radius 3 is 2.60 bits per heavy atom. The number of H-pyrrole nitrogens is 1. The molecule has 4 heteroatoms. The van der Waals surface area contributed by atoms with E-state index in [1.165, 1.54) is 12.8 Å². The van der Waals surface area contributed by atoms with Gasteiger partial charge in [0.2, 0.25) is 0 Å². The molecule has 1 aliphatic rings. The maximum absolute atomic E-state index is 5.94. The zero-order chi connectivity index (χ0) is 13.9. The average molecular weight is 290 g/mol. The van der Waals surface area contributed by atoms with Gasteiger partial charge in [0.25, 0.3) is 0 Å². The normalized spacial score (nSPS) is 16.5. The number of halogens is 1. The summed E-state index contributed by atoms with van der Waals surface area (Å²) in [7, 11) is 0. The largest absolute Gasteiger partial charge is 0.346 e. The van der Waals surface area contributed by atoms with Gasteiger partial charge in [0, 0.05) is 22.7 Å². The summed E-state index contributed by atoms with van der Waals surface area (Å²) in [5.74, 6) is 1.86. The predicted molar refractivity (Wildman–Crippen MR) is 83.1 cm³/mol. The molecule has 0 bridgehead atoms. The van der Waals surface area contributed by atoms with Crippen LogP contribution < -0.4 is 5.32 Å². The van der Waals surface area contributed by atoms with E-state index in [1.54, 1.807) is 0 Å². The fourth-order valence-corrected chi connectivity index (χ4v) is 2.99. The lowest BCUT2D eigenvalue weighted by Gasteiger charge is -2.21. The van der Waals surface area contributed by atoms with Crippen LogP contribution in [0.1, 0.15) is 24.4 Å². The van der Waals surface area contributed by atoms with Crippen molar-refractivity contribution in [3.8, 4) is 11.3 Å². The Hall–Kier alpha value is -1.32. The second-order valence-corrected chi connectivity index (χ2v) is 6.00. The van der Waals surface area contributed by atoms with Crippen LogP contribution in [0.3, 0.4) is 0 Å². The molecule has 1 aromatic carbocycles. The number of benzene rings is 1. The van der Waals surface area contributed by atoms with Crippen molar-refractivity contribution in [1.82, 2.24) is 15.3 Å². The maximum Gasteiger partial charge on any atom is 0.107 e. The number of aromatic amines is 1. The lowest BCUT2D eigenvalue weighted by atomic mass is 9.94. The second-order valence-electron chi connectivity index (χ2n) is 5.56. The van der Waals surface area contributed by atoms with Crippen molar-refractivity contribution in [2.45, 2.75) is 26.2 Å². The Bertz CT molecular complexity index is 568. The Kier molecular flexibility index (Phi) is 4.08. The van der Waals surface area contributed by atoms with Crippen LogP contribution in [0.15, 0.2) is 24.3 Å². The molecule has 2 heterocycles. The monoisotopic (exact) mass is 289 g/mol. The highest BCUT2D eigenvalue weighted by Crippen LogP contribution is 2.24. The highest BCUT2D eigenvalue weighted by atomic mass is 35.5. The summed E-state index contributed by atoms with van der Waals surface area (Å²) in [6.45, 7) is 4.35. The third-order valence-electron chi connectivity index (χ3n) is 3.99. The minimum Gasteiger partial charge on any atom is -0.346 e. The second kappa shape index (κ2) is 5.98. The molecule has 0 spiro atoms. The SMILES string of the molecule is Cc1[nH]c(CC2CCNCC2)nc1-c1ccc(Cl)cc1. The number of aryl methyl sites for hydroxylation is 1. The predicted octanol–water partition coefficient (Wildman–Crippen LogP) is 3.58. The Morgan fingerprint density at radius 1 is 1.20 bits per heavy atom. The van der Waals surface area contributed by atoms with Crippen LogP contribution >= 0.6 is 11.6 Å². The van der Waals surface area contributed by atoms with E-state index in [-0.39, 0.29) is 0 Å². The van der Waals surface area contributed by atoms with Gasteiger partial charge in [-0.2, -0.15) is 0 Å². The first-order valence-electron chi connectivity index (χ1n) is 7.24. The van der Waals surface area contributed by atoms with Crippen LogP contribution in [0, 0.1) is 12.8 Å². The first-order valence-corrected chi connectivity index (χ1v) is 7.62. The van der Waals surface area contributed by atoms with Crippen LogP contribution in [0.5, 0.6) is 0 Å². The summed E-state index contributed by atoms with van der Waals surface area (Å²) < 4.78 is 0. The van der Waals surface area contributed by atoms with Gasteiger partial charge in [-0.3, -0.25) is 0 Å². The smallest absolute Gasteiger partial charge is 0.107 e. The van der Waals surface area contributed by atoms with E-state index >= 15 is 0 Å². The molecule has 1 fully saturated rings. The number of hydrogen-bond acceptors (Lipinski definition) is 2. The van der Waals surface area contributed by atoms with Crippen LogP contribution in [0.4, 0.5) is 0 Å². The van der Waals surface area contributed by atoms with Crippen molar-refractivity contribution >= 4 is 11.6 Å². The Labute approximate surface area is 124 Å². The molecule has 3 rings (SSSR count). The zero-order valence-corrected chi connectivity index (χ0v) is 12.5. The summed E-state index contributed by atoms with van der Waals surface area (Å²) in [6.07, 6.45) is 3.54. The lowest BCUT2D eigenvalue weighted by Crippen LogP contribution is -2.28. The van der Waals surface area contributed by atoms with Crippen molar-refractivity contribution in [2.75, 3.05) is 13.1 Å². The molecule has 2 aromatic rings. The van der Waals surface area contributed by atoms with Gasteiger partial charge in [0.1, 0.15) is 5.82 Å². The topological polar surface area (TPSA) is 40.7 Å². The van der Waals surface area contributed by atoms with E-state index in [1.807, 2.05) is 24.3 Å². The molecule has 0 radical (unpaired) electrons. The van der Waals surface area contributed by atoms with Crippen molar-refractivity contribution < 1.29 is 0 Å². The number of piperidine rings is 1. The molecular weight excluding hydrogens is 270 g/mol. The van der Waals surface area contributed by atoms with Gasteiger partial charge in [-0.15, -0.1) is 0 Å². The summed E-state index contributed by atoms with van der Waals surface area (Å²) in [6, 6.07) is 7.88. The van der Waals surface area contributed by atoms with Crippen molar-refractivity contribution in [1.29, 1.82) is 0 Å². The number of nitrogens with zero attached hydrogens (tertiary/aromatic N) is 1. The molecular formula is C16H20ClN3. The first kappa shape index (κ1) is 13.7. The van der Waals surface area contributed by atoms with Crippen LogP contribution in [-0.2, 0) is 6.42 Å². The van der Waals surface area contributed by atoms with Gasteiger partial charge in [-0.1, -0.05) is 23.7 Å². The fourth-order valence-electron chi connectivity index (χ4n) is 2.87. The molecule has 0 unspecified atom stereocenters. The molecule has 3 nitrogen and oxygen atoms in total. The first-order chi connectivity index (χ1) is 9.72. The molecule has 1 aliphatic heterocycles. The highest BCUT2D eigenvalue weighted by Gasteiger charge is 2.16. The van der Waals surface area contributed by atoms with Crippen LogP contribution in [0.25, 0.3) is 11.3 Å². The van der Waals surface area contributed by atoms with Crippen molar-refractivity contribution in [3.63, 3.8) is 0 Å². The number of hydrogen-bond donors (Lipinski definition) is 2. The minimum atomic E-state index is 0.750. The summed E-state index contributed by atoms with van der Waals surface area (Å²) >= 11 is 5.94. The average Bonchev–Trinajstić information content (AvgIpc) is 2.81. The number of nitrogens with one attached hydrogen (secondary N) is 2. The number of aromatic nitrogens is 2. The Morgan fingerprint density at radius 2 is 1.90 bits per heavy atom. The van der Waals surface area contributed by atoms with Crippen molar-refractivity contribution in [3.05, 3.63) is 40.8 Å². The quantitative estimate of drug-likeness (QED) is 0.907. The van der Waals surface area contributed by atoms with E-state index < -0.39 is 0 Å². The molecule has 0 atom stereocenters. The molecule has 0 aliphatic carbocycles. The third kappa shape index (κ3) is 3.05. The molecule has 2 N–H and O–H groups in total. The van der Waals surface area contributed by atoms with Gasteiger partial charge in [-0.05, 0) is 50.9 Å². The Balaban J connectivity index is 1.78. The van der Waals surface area contributed by atoms with E-state index in [4.69, 9.17) is 16.6 Å². The van der Waals surface area contributed by atoms with Crippen LogP contribution in [0.2, 0.25) is 5.02 Å². The summed E-state index contributed by atoms with van der Waals surface area (Å²) in [5, 5.41) is 4.17. The fraction of sp³-hybridized carbons (Fsp3) is 0.438. The van der Waals surface area contributed by atoms with E-state index in [0.717, 1.165) is 53.2 Å². The molecule has 106 valence electrons. The van der Waals surface area contributed by atoms with Gasteiger partial charge >= 0.3 is 0 Å². The number of imidazole rings is 1. The van der Waals surface area contributed by atoms with Gasteiger partial charge < -0.3 is 10.3 Å². The number of rotatable bonds is 3. The van der Waals surface area contributed by atoms with Crippen molar-refractivity contribution in [2.24, 2.45) is 5.92 Å². The van der Waals surface area contributed by atoms with Gasteiger partial charge in [-0.25, -0.2) is 4.98 Å². The van der Waals surface area contributed by atoms with Crippen LogP contribution in [-0.4, -0.2) is 23.1 Å². The van der Waals surface area contributed by atoms with Gasteiger partial charge in [0.05, 0.1) is 5.69 Å². The summed E-state index contributed by atoms with van der Waals surface area (Å²) in [4.78, 5) is 8.23. The lowest BCUT2D eigenvalue weighted by molar-refractivity contribution is 0.368. The molecule has 20 heavy (non-hydrogen) atoms. The molecule has 1 aromatic heterocycles. The minimum absolute atomic E-state index is 0.750. The van der Waals surface area contributed by atoms with E-state index in [2.05, 4.69) is 17.2 Å². The molecule has 1 saturated heterocycles. The van der Waals surface area contributed by atoms with E-state index in [0.29, 0.717) is 0 Å². The molecule has 0 amide bonds. The summed E-state index contributed by atoms with van der Waals surface area (Å²) in [5.41, 5.74) is 3.31.